The number of nitro groups is 1. The normalized spacial score (nSPS) is 14.9. The van der Waals surface area contributed by atoms with Gasteiger partial charge in [0.25, 0.3) is 0 Å². The Balaban J connectivity index is 3.90. The number of rotatable bonds is 3. The lowest BCUT2D eigenvalue weighted by Crippen LogP contribution is -2.32. The molecule has 1 unspecified atom stereocenters. The summed E-state index contributed by atoms with van der Waals surface area (Å²) in [6, 6.07) is 0. The van der Waals surface area contributed by atoms with Gasteiger partial charge in [0.15, 0.2) is 0 Å². The second-order valence-corrected chi connectivity index (χ2v) is 3.10. The third kappa shape index (κ3) is 2.82. The molecular weight excluding hydrogens is 229 g/mol. The highest BCUT2D eigenvalue weighted by molar-refractivity contribution is 9.10. The fourth-order valence-electron chi connectivity index (χ4n) is 0.121. The summed E-state index contributed by atoms with van der Waals surface area (Å²) in [5.41, 5.74) is 1.55. The van der Waals surface area contributed by atoms with Gasteiger partial charge < -0.3 is 0 Å². The predicted octanol–water partition coefficient (Wildman–Crippen LogP) is 0.510. The highest BCUT2D eigenvalue weighted by atomic mass is 79.9. The Labute approximate surface area is 68.9 Å². The molecule has 0 aromatic heterocycles. The van der Waals surface area contributed by atoms with E-state index in [-0.39, 0.29) is 0 Å². The molecule has 0 bridgehead atoms. The van der Waals surface area contributed by atoms with E-state index in [0.29, 0.717) is 0 Å². The molecule has 0 aromatic carbocycles. The van der Waals surface area contributed by atoms with Crippen molar-refractivity contribution in [3.05, 3.63) is 10.1 Å². The van der Waals surface area contributed by atoms with Crippen molar-refractivity contribution in [1.82, 2.24) is 5.48 Å². The quantitative estimate of drug-likeness (QED) is 0.145. The van der Waals surface area contributed by atoms with Crippen molar-refractivity contribution in [2.75, 3.05) is 0 Å². The summed E-state index contributed by atoms with van der Waals surface area (Å²) < 4.78 is -2.28. The summed E-state index contributed by atoms with van der Waals surface area (Å²) in [6.07, 6.45) is 1.29. The maximum atomic E-state index is 9.88. The predicted molar refractivity (Wildman–Crippen MR) is 34.3 cm³/mol. The van der Waals surface area contributed by atoms with Crippen LogP contribution in [0.15, 0.2) is 0 Å². The molecule has 1 N–H and O–H groups in total. The second-order valence-electron chi connectivity index (χ2n) is 1.06. The van der Waals surface area contributed by atoms with Gasteiger partial charge in [-0.1, -0.05) is 0 Å². The number of hydrogen-bond donors (Lipinski definition) is 1. The molecule has 56 valence electrons. The van der Waals surface area contributed by atoms with Gasteiger partial charge in [0.05, 0.1) is 20.9 Å². The van der Waals surface area contributed by atoms with Crippen LogP contribution >= 0.6 is 27.5 Å². The van der Waals surface area contributed by atoms with Gasteiger partial charge in [-0.25, -0.2) is 0 Å². The van der Waals surface area contributed by atoms with Crippen molar-refractivity contribution >= 4 is 27.5 Å². The minimum absolute atomic E-state index is 0.959. The largest absolute Gasteiger partial charge is 0.480 e. The van der Waals surface area contributed by atoms with E-state index in [1.54, 1.807) is 5.48 Å². The Bertz CT molecular complexity index is 177. The molecule has 0 aliphatic heterocycles. The average Bonchev–Trinajstić information content (AvgIpc) is 1.84. The topological polar surface area (TPSA) is 88.2 Å². The Hall–Kier alpha value is -0.580. The van der Waals surface area contributed by atoms with Crippen molar-refractivity contribution in [1.29, 1.82) is 5.26 Å². The van der Waals surface area contributed by atoms with Crippen LogP contribution in [0.1, 0.15) is 0 Å². The number of nitriles is 1. The molecule has 0 rings (SSSR count). The van der Waals surface area contributed by atoms with E-state index in [0.717, 1.165) is 0 Å². The van der Waals surface area contributed by atoms with Gasteiger partial charge in [0.2, 0.25) is 6.19 Å². The van der Waals surface area contributed by atoms with Crippen molar-refractivity contribution in [3.8, 4) is 6.19 Å². The molecule has 0 spiro atoms. The molecular formula is C2HBrClN3O3. The van der Waals surface area contributed by atoms with E-state index >= 15 is 0 Å². The van der Waals surface area contributed by atoms with Crippen molar-refractivity contribution in [3.63, 3.8) is 0 Å². The first kappa shape index (κ1) is 9.42. The van der Waals surface area contributed by atoms with E-state index in [1.165, 1.54) is 6.19 Å². The third-order valence-electron chi connectivity index (χ3n) is 0.432. The Kier molecular flexibility index (Phi) is 3.35. The maximum Gasteiger partial charge on any atom is 0.480 e. The molecule has 0 aliphatic carbocycles. The van der Waals surface area contributed by atoms with Crippen LogP contribution in [-0.2, 0) is 4.84 Å². The first-order chi connectivity index (χ1) is 4.50. The van der Waals surface area contributed by atoms with Crippen molar-refractivity contribution in [2.45, 2.75) is 4.09 Å². The van der Waals surface area contributed by atoms with E-state index < -0.39 is 9.02 Å². The minimum atomic E-state index is -2.28. The van der Waals surface area contributed by atoms with Gasteiger partial charge in [0, 0.05) is 11.6 Å². The molecule has 10 heavy (non-hydrogen) atoms. The maximum absolute atomic E-state index is 9.88. The Morgan fingerprint density at radius 3 is 2.80 bits per heavy atom. The zero-order valence-corrected chi connectivity index (χ0v) is 6.72. The number of nitrogens with one attached hydrogen (secondary N) is 1. The first-order valence-corrected chi connectivity index (χ1v) is 3.02. The molecule has 6 nitrogen and oxygen atoms in total. The summed E-state index contributed by atoms with van der Waals surface area (Å²) in [7, 11) is 0. The van der Waals surface area contributed by atoms with Crippen LogP contribution in [0.2, 0.25) is 0 Å². The lowest BCUT2D eigenvalue weighted by molar-refractivity contribution is -0.567. The molecule has 0 amide bonds. The third-order valence-corrected chi connectivity index (χ3v) is 1.10. The van der Waals surface area contributed by atoms with Crippen LogP contribution in [0.4, 0.5) is 0 Å². The number of hydrogen-bond acceptors (Lipinski definition) is 5. The zero-order chi connectivity index (χ0) is 8.20. The average molecular weight is 230 g/mol. The zero-order valence-electron chi connectivity index (χ0n) is 4.38. The SMILES string of the molecule is N#CNOC(Cl)(Br)[N+](=O)[O-]. The fourth-order valence-corrected chi connectivity index (χ4v) is 0.241. The van der Waals surface area contributed by atoms with Crippen LogP contribution in [0.3, 0.4) is 0 Å². The van der Waals surface area contributed by atoms with Gasteiger partial charge in [0.1, 0.15) is 0 Å². The van der Waals surface area contributed by atoms with Crippen LogP contribution < -0.4 is 5.48 Å². The number of nitrogens with zero attached hydrogens (tertiary/aromatic N) is 2. The summed E-state index contributed by atoms with van der Waals surface area (Å²) in [5, 5.41) is 17.7. The summed E-state index contributed by atoms with van der Waals surface area (Å²) >= 11 is 7.41. The fraction of sp³-hybridized carbons (Fsp3) is 0.500. The molecule has 0 saturated carbocycles. The van der Waals surface area contributed by atoms with E-state index in [1.807, 2.05) is 0 Å². The van der Waals surface area contributed by atoms with E-state index in [4.69, 9.17) is 16.9 Å². The summed E-state index contributed by atoms with van der Waals surface area (Å²) in [5.74, 6) is 0. The van der Waals surface area contributed by atoms with Gasteiger partial charge in [-0.05, 0) is 0 Å². The van der Waals surface area contributed by atoms with Crippen molar-refractivity contribution in [2.24, 2.45) is 0 Å². The molecule has 0 heterocycles. The molecule has 0 aromatic rings. The highest BCUT2D eigenvalue weighted by Gasteiger charge is 2.39. The minimum Gasteiger partial charge on any atom is -0.260 e. The van der Waals surface area contributed by atoms with Gasteiger partial charge in [-0.2, -0.15) is 15.6 Å². The van der Waals surface area contributed by atoms with Crippen LogP contribution in [0.25, 0.3) is 0 Å². The second kappa shape index (κ2) is 3.55. The standard InChI is InChI=1S/C2HBrClN3O3/c3-2(4,7(8)9)10-6-1-5/h6H. The number of halogens is 2. The number of hydroxylamine groups is 1. The van der Waals surface area contributed by atoms with Crippen LogP contribution in [0.5, 0.6) is 0 Å². The lowest BCUT2D eigenvalue weighted by Gasteiger charge is -2.07. The van der Waals surface area contributed by atoms with E-state index in [2.05, 4.69) is 20.8 Å². The molecule has 0 radical (unpaired) electrons. The van der Waals surface area contributed by atoms with Gasteiger partial charge >= 0.3 is 4.09 Å². The van der Waals surface area contributed by atoms with Gasteiger partial charge in [-0.15, -0.1) is 0 Å². The lowest BCUT2D eigenvalue weighted by atomic mass is 11.3. The molecule has 0 aliphatic rings. The highest BCUT2D eigenvalue weighted by Crippen LogP contribution is 2.23. The van der Waals surface area contributed by atoms with E-state index in [9.17, 15) is 10.1 Å². The number of alkyl halides is 2. The molecule has 8 heteroatoms. The monoisotopic (exact) mass is 229 g/mol. The van der Waals surface area contributed by atoms with Gasteiger partial charge in [-0.3, -0.25) is 10.1 Å². The van der Waals surface area contributed by atoms with Crippen LogP contribution in [0, 0.1) is 21.6 Å². The summed E-state index contributed by atoms with van der Waals surface area (Å²) in [4.78, 5) is 12.9. The Morgan fingerprint density at radius 1 is 2.00 bits per heavy atom. The van der Waals surface area contributed by atoms with Crippen molar-refractivity contribution < 1.29 is 9.76 Å². The molecule has 1 atom stereocenters. The van der Waals surface area contributed by atoms with Crippen LogP contribution in [-0.4, -0.2) is 9.02 Å². The summed E-state index contributed by atoms with van der Waals surface area (Å²) in [6.45, 7) is 0. The smallest absolute Gasteiger partial charge is 0.260 e. The first-order valence-electron chi connectivity index (χ1n) is 1.85. The Morgan fingerprint density at radius 2 is 2.50 bits per heavy atom. The molecule has 0 saturated heterocycles. The molecule has 0 fully saturated rings.